The van der Waals surface area contributed by atoms with E-state index in [9.17, 15) is 12.8 Å². The molecule has 0 aromatic heterocycles. The molecule has 1 fully saturated rings. The molecule has 1 aliphatic heterocycles. The van der Waals surface area contributed by atoms with Crippen molar-refractivity contribution in [3.05, 3.63) is 66.0 Å². The van der Waals surface area contributed by atoms with Gasteiger partial charge in [-0.15, -0.1) is 0 Å². The molecule has 0 aliphatic carbocycles. The van der Waals surface area contributed by atoms with Crippen molar-refractivity contribution in [1.29, 1.82) is 0 Å². The summed E-state index contributed by atoms with van der Waals surface area (Å²) >= 11 is 0. The van der Waals surface area contributed by atoms with Crippen molar-refractivity contribution in [1.82, 2.24) is 9.62 Å². The third-order valence-corrected chi connectivity index (χ3v) is 5.74. The molecule has 1 N–H and O–H groups in total. The van der Waals surface area contributed by atoms with Crippen LogP contribution in [0.15, 0.2) is 59.5 Å². The van der Waals surface area contributed by atoms with Crippen LogP contribution in [-0.4, -0.2) is 32.4 Å². The lowest BCUT2D eigenvalue weighted by molar-refractivity contribution is 0.194. The number of sulfonamides is 1. The van der Waals surface area contributed by atoms with E-state index in [0.29, 0.717) is 18.0 Å². The summed E-state index contributed by atoms with van der Waals surface area (Å²) in [6.45, 7) is 2.27. The van der Waals surface area contributed by atoms with Gasteiger partial charge < -0.3 is 0 Å². The molecule has 1 atom stereocenters. The highest BCUT2D eigenvalue weighted by Crippen LogP contribution is 2.17. The van der Waals surface area contributed by atoms with E-state index in [1.807, 2.05) is 0 Å². The van der Waals surface area contributed by atoms with Gasteiger partial charge in [0.05, 0.1) is 4.90 Å². The molecule has 1 heterocycles. The van der Waals surface area contributed by atoms with Crippen molar-refractivity contribution in [3.63, 3.8) is 0 Å². The van der Waals surface area contributed by atoms with Crippen LogP contribution in [0.2, 0.25) is 0 Å². The van der Waals surface area contributed by atoms with Crippen molar-refractivity contribution in [2.45, 2.75) is 30.3 Å². The molecule has 0 amide bonds. The summed E-state index contributed by atoms with van der Waals surface area (Å²) in [7, 11) is -3.49. The van der Waals surface area contributed by atoms with E-state index in [1.165, 1.54) is 12.1 Å². The summed E-state index contributed by atoms with van der Waals surface area (Å²) in [5.74, 6) is -0.245. The molecular weight excluding hydrogens is 327 g/mol. The SMILES string of the molecule is O=S(=O)(NC1CCCN(Cc2ccc(F)cc2)C1)c1ccccc1. The Kier molecular flexibility index (Phi) is 5.28. The van der Waals surface area contributed by atoms with E-state index in [2.05, 4.69) is 9.62 Å². The molecule has 1 aliphatic rings. The zero-order valence-electron chi connectivity index (χ0n) is 13.4. The van der Waals surface area contributed by atoms with Crippen LogP contribution in [-0.2, 0) is 16.6 Å². The highest BCUT2D eigenvalue weighted by Gasteiger charge is 2.25. The summed E-state index contributed by atoms with van der Waals surface area (Å²) in [6, 6.07) is 14.8. The Bertz CT molecular complexity index is 763. The Labute approximate surface area is 142 Å². The predicted molar refractivity (Wildman–Crippen MR) is 91.5 cm³/mol. The second kappa shape index (κ2) is 7.42. The maximum Gasteiger partial charge on any atom is 0.240 e. The molecule has 0 spiro atoms. The first-order valence-electron chi connectivity index (χ1n) is 8.07. The van der Waals surface area contributed by atoms with Crippen LogP contribution in [0.25, 0.3) is 0 Å². The lowest BCUT2D eigenvalue weighted by Gasteiger charge is -2.33. The van der Waals surface area contributed by atoms with Crippen molar-refractivity contribution >= 4 is 10.0 Å². The quantitative estimate of drug-likeness (QED) is 0.904. The second-order valence-corrected chi connectivity index (χ2v) is 7.85. The number of likely N-dealkylation sites (tertiary alicyclic amines) is 1. The van der Waals surface area contributed by atoms with Crippen LogP contribution in [0, 0.1) is 5.82 Å². The van der Waals surface area contributed by atoms with Gasteiger partial charge in [0.25, 0.3) is 0 Å². The number of hydrogen-bond acceptors (Lipinski definition) is 3. The number of halogens is 1. The lowest BCUT2D eigenvalue weighted by Crippen LogP contribution is -2.47. The smallest absolute Gasteiger partial charge is 0.240 e. The van der Waals surface area contributed by atoms with Crippen molar-refractivity contribution < 1.29 is 12.8 Å². The molecule has 0 radical (unpaired) electrons. The lowest BCUT2D eigenvalue weighted by atomic mass is 10.1. The van der Waals surface area contributed by atoms with Gasteiger partial charge in [-0.25, -0.2) is 17.5 Å². The van der Waals surface area contributed by atoms with Crippen LogP contribution >= 0.6 is 0 Å². The summed E-state index contributed by atoms with van der Waals surface area (Å²) in [4.78, 5) is 2.50. The fourth-order valence-corrected chi connectivity index (χ4v) is 4.31. The first kappa shape index (κ1) is 17.1. The normalized spacial score (nSPS) is 19.3. The first-order valence-corrected chi connectivity index (χ1v) is 9.55. The molecule has 24 heavy (non-hydrogen) atoms. The van der Waals surface area contributed by atoms with Crippen LogP contribution in [0.5, 0.6) is 0 Å². The molecule has 1 unspecified atom stereocenters. The van der Waals surface area contributed by atoms with Gasteiger partial charge in [0.15, 0.2) is 0 Å². The Balaban J connectivity index is 1.62. The van der Waals surface area contributed by atoms with E-state index in [0.717, 1.165) is 24.9 Å². The molecule has 3 rings (SSSR count). The van der Waals surface area contributed by atoms with E-state index >= 15 is 0 Å². The number of benzene rings is 2. The van der Waals surface area contributed by atoms with Gasteiger partial charge in [-0.1, -0.05) is 30.3 Å². The van der Waals surface area contributed by atoms with E-state index < -0.39 is 10.0 Å². The van der Waals surface area contributed by atoms with Gasteiger partial charge in [0.1, 0.15) is 5.82 Å². The van der Waals surface area contributed by atoms with Gasteiger partial charge in [-0.2, -0.15) is 0 Å². The van der Waals surface area contributed by atoms with Crippen LogP contribution < -0.4 is 4.72 Å². The maximum atomic E-state index is 13.0. The summed E-state index contributed by atoms with van der Waals surface area (Å²) < 4.78 is 40.7. The minimum absolute atomic E-state index is 0.107. The average Bonchev–Trinajstić information content (AvgIpc) is 2.58. The Morgan fingerprint density at radius 2 is 1.79 bits per heavy atom. The predicted octanol–water partition coefficient (Wildman–Crippen LogP) is 2.77. The summed E-state index contributed by atoms with van der Waals surface area (Å²) in [6.07, 6.45) is 1.76. The first-order chi connectivity index (χ1) is 11.5. The minimum Gasteiger partial charge on any atom is -0.298 e. The summed E-state index contributed by atoms with van der Waals surface area (Å²) in [5, 5.41) is 0. The largest absolute Gasteiger partial charge is 0.298 e. The molecule has 1 saturated heterocycles. The fraction of sp³-hybridized carbons (Fsp3) is 0.333. The average molecular weight is 348 g/mol. The second-order valence-electron chi connectivity index (χ2n) is 6.14. The maximum absolute atomic E-state index is 13.0. The van der Waals surface area contributed by atoms with Crippen molar-refractivity contribution in [3.8, 4) is 0 Å². The number of rotatable bonds is 5. The molecule has 0 bridgehead atoms. The molecule has 4 nitrogen and oxygen atoms in total. The number of hydrogen-bond donors (Lipinski definition) is 1. The van der Waals surface area contributed by atoms with Gasteiger partial charge >= 0.3 is 0 Å². The van der Waals surface area contributed by atoms with E-state index in [1.54, 1.807) is 42.5 Å². The van der Waals surface area contributed by atoms with E-state index in [-0.39, 0.29) is 11.9 Å². The van der Waals surface area contributed by atoms with Gasteiger partial charge in [-0.05, 0) is 49.2 Å². The molecule has 128 valence electrons. The number of piperidine rings is 1. The topological polar surface area (TPSA) is 49.4 Å². The van der Waals surface area contributed by atoms with Crippen LogP contribution in [0.4, 0.5) is 4.39 Å². The number of nitrogens with zero attached hydrogens (tertiary/aromatic N) is 1. The van der Waals surface area contributed by atoms with Crippen molar-refractivity contribution in [2.75, 3.05) is 13.1 Å². The van der Waals surface area contributed by atoms with Gasteiger partial charge in [0, 0.05) is 19.1 Å². The fourth-order valence-electron chi connectivity index (χ4n) is 3.03. The zero-order valence-corrected chi connectivity index (χ0v) is 14.2. The molecule has 2 aromatic carbocycles. The van der Waals surface area contributed by atoms with Crippen LogP contribution in [0.1, 0.15) is 18.4 Å². The van der Waals surface area contributed by atoms with Crippen molar-refractivity contribution in [2.24, 2.45) is 0 Å². The van der Waals surface area contributed by atoms with Gasteiger partial charge in [0.2, 0.25) is 10.0 Å². The number of nitrogens with one attached hydrogen (secondary N) is 1. The highest BCUT2D eigenvalue weighted by molar-refractivity contribution is 7.89. The minimum atomic E-state index is -3.49. The molecule has 2 aromatic rings. The molecular formula is C18H21FN2O2S. The Morgan fingerprint density at radius 1 is 1.08 bits per heavy atom. The van der Waals surface area contributed by atoms with E-state index in [4.69, 9.17) is 0 Å². The van der Waals surface area contributed by atoms with Crippen LogP contribution in [0.3, 0.4) is 0 Å². The summed E-state index contributed by atoms with van der Waals surface area (Å²) in [5.41, 5.74) is 1.03. The third-order valence-electron chi connectivity index (χ3n) is 4.20. The Hall–Kier alpha value is -1.76. The molecule has 0 saturated carbocycles. The highest BCUT2D eigenvalue weighted by atomic mass is 32.2. The third kappa shape index (κ3) is 4.41. The standard InChI is InChI=1S/C18H21FN2O2S/c19-16-10-8-15(9-11-16)13-21-12-4-5-17(14-21)20-24(22,23)18-6-2-1-3-7-18/h1-3,6-11,17,20H,4-5,12-14H2. The van der Waals surface area contributed by atoms with Gasteiger partial charge in [-0.3, -0.25) is 4.90 Å². The molecule has 6 heteroatoms. The monoisotopic (exact) mass is 348 g/mol. The Morgan fingerprint density at radius 3 is 2.50 bits per heavy atom. The zero-order chi connectivity index (χ0) is 17.0.